The first-order valence-corrected chi connectivity index (χ1v) is 11.4. The Hall–Kier alpha value is 1.26. The fourth-order valence-electron chi connectivity index (χ4n) is 2.97. The van der Waals surface area contributed by atoms with E-state index in [4.69, 9.17) is 0 Å². The molecule has 0 N–H and O–H groups in total. The molecule has 0 saturated carbocycles. The fourth-order valence-corrected chi connectivity index (χ4v) is 2.97. The molecular weight excluding hydrogens is 328 g/mol. The van der Waals surface area contributed by atoms with Gasteiger partial charge in [-0.3, -0.25) is 0 Å². The summed E-state index contributed by atoms with van der Waals surface area (Å²) >= 11 is 0. The van der Waals surface area contributed by atoms with E-state index in [1.807, 2.05) is 0 Å². The summed E-state index contributed by atoms with van der Waals surface area (Å²) in [7, 11) is 0. The van der Waals surface area contributed by atoms with E-state index in [1.54, 1.807) is 0 Å². The average molecular weight is 379 g/mol. The van der Waals surface area contributed by atoms with Crippen LogP contribution in [-0.2, 0) is 0 Å². The van der Waals surface area contributed by atoms with Gasteiger partial charge in [-0.15, -0.1) is 0 Å². The van der Waals surface area contributed by atoms with E-state index in [2.05, 4.69) is 27.7 Å². The Balaban J connectivity index is -0.000000372. The Morgan fingerprint density at radius 1 is 0.360 bits per heavy atom. The van der Waals surface area contributed by atoms with E-state index >= 15 is 0 Å². The van der Waals surface area contributed by atoms with Gasteiger partial charge in [0, 0.05) is 0 Å². The Morgan fingerprint density at radius 3 is 0.760 bits per heavy atom. The van der Waals surface area contributed by atoms with Crippen molar-refractivity contribution in [1.82, 2.24) is 0 Å². The van der Waals surface area contributed by atoms with E-state index in [1.165, 1.54) is 116 Å². The van der Waals surface area contributed by atoms with Gasteiger partial charge in [0.2, 0.25) is 0 Å². The molecule has 0 rings (SSSR count). The monoisotopic (exact) mass is 378 g/mol. The van der Waals surface area contributed by atoms with Gasteiger partial charge in [-0.25, -0.2) is 0 Å². The molecule has 0 heterocycles. The van der Waals surface area contributed by atoms with E-state index < -0.39 is 0 Å². The van der Waals surface area contributed by atoms with Crippen LogP contribution in [-0.4, -0.2) is 37.7 Å². The fraction of sp³-hybridized carbons (Fsp3) is 0.917. The van der Waals surface area contributed by atoms with Crippen LogP contribution in [0.25, 0.3) is 0 Å². The van der Waals surface area contributed by atoms with Crippen LogP contribution in [0.4, 0.5) is 0 Å². The molecule has 25 heavy (non-hydrogen) atoms. The molecule has 0 aliphatic rings. The molecule has 148 valence electrons. The Kier molecular flexibility index (Phi) is 40.7. The first-order valence-electron chi connectivity index (χ1n) is 11.4. The quantitative estimate of drug-likeness (QED) is 0.127. The molecule has 0 aromatic heterocycles. The minimum atomic E-state index is 0. The molecule has 0 nitrogen and oxygen atoms in total. The summed E-state index contributed by atoms with van der Waals surface area (Å²) < 4.78 is 0. The molecule has 0 bridgehead atoms. The molecule has 0 radical (unpaired) electrons. The van der Waals surface area contributed by atoms with Gasteiger partial charge in [-0.2, -0.15) is 12.8 Å². The van der Waals surface area contributed by atoms with Gasteiger partial charge in [0.15, 0.2) is 0 Å². The van der Waals surface area contributed by atoms with Crippen molar-refractivity contribution in [1.29, 1.82) is 0 Å². The molecule has 0 atom stereocenters. The molecule has 0 aromatic carbocycles. The average Bonchev–Trinajstić information content (AvgIpc) is 2.60. The van der Waals surface area contributed by atoms with E-state index in [0.717, 1.165) is 12.8 Å². The van der Waals surface area contributed by atoms with Crippen molar-refractivity contribution in [2.75, 3.05) is 0 Å². The van der Waals surface area contributed by atoms with Crippen LogP contribution in [0.3, 0.4) is 0 Å². The number of unbranched alkanes of at least 4 members (excludes halogenated alkanes) is 18. The SMILES string of the molecule is [CH2-]CCCCCCCCCCC.[CH2-]CCCCCCCCCCC.[Ca+2]. The van der Waals surface area contributed by atoms with Crippen molar-refractivity contribution in [3.8, 4) is 0 Å². The molecular formula is C24H50Ca. The summed E-state index contributed by atoms with van der Waals surface area (Å²) in [5, 5.41) is 0. The van der Waals surface area contributed by atoms with Crippen LogP contribution in [0.1, 0.15) is 142 Å². The molecule has 0 aromatic rings. The van der Waals surface area contributed by atoms with Crippen LogP contribution in [0, 0.1) is 13.8 Å². The molecule has 0 aliphatic carbocycles. The standard InChI is InChI=1S/2C12H25.Ca/c2*1-3-5-7-9-11-12-10-8-6-4-2;/h2*1,3-12H2,2H3;/q2*-1;+2. The smallest absolute Gasteiger partial charge is 0.343 e. The minimum Gasteiger partial charge on any atom is -0.343 e. The van der Waals surface area contributed by atoms with Crippen molar-refractivity contribution in [2.45, 2.75) is 142 Å². The van der Waals surface area contributed by atoms with Crippen LogP contribution in [0.15, 0.2) is 0 Å². The summed E-state index contributed by atoms with van der Waals surface area (Å²) in [6.45, 7) is 12.2. The van der Waals surface area contributed by atoms with Gasteiger partial charge in [0.05, 0.1) is 0 Å². The summed E-state index contributed by atoms with van der Waals surface area (Å²) in [4.78, 5) is 0. The van der Waals surface area contributed by atoms with E-state index in [0.29, 0.717) is 0 Å². The van der Waals surface area contributed by atoms with Crippen LogP contribution >= 0.6 is 0 Å². The first-order chi connectivity index (χ1) is 11.8. The van der Waals surface area contributed by atoms with Gasteiger partial charge in [-0.1, -0.05) is 129 Å². The van der Waals surface area contributed by atoms with Crippen LogP contribution in [0.2, 0.25) is 0 Å². The van der Waals surface area contributed by atoms with Crippen molar-refractivity contribution in [3.05, 3.63) is 13.8 Å². The normalized spacial score (nSPS) is 10.1. The second-order valence-corrected chi connectivity index (χ2v) is 7.36. The van der Waals surface area contributed by atoms with Crippen molar-refractivity contribution in [3.63, 3.8) is 0 Å². The minimum absolute atomic E-state index is 0. The summed E-state index contributed by atoms with van der Waals surface area (Å²) in [6.07, 6.45) is 27.8. The summed E-state index contributed by atoms with van der Waals surface area (Å²) in [5.74, 6) is 0. The Morgan fingerprint density at radius 2 is 0.560 bits per heavy atom. The van der Waals surface area contributed by atoms with Gasteiger partial charge in [-0.05, 0) is 0 Å². The van der Waals surface area contributed by atoms with E-state index in [-0.39, 0.29) is 37.7 Å². The molecule has 0 spiro atoms. The van der Waals surface area contributed by atoms with Gasteiger partial charge in [0.1, 0.15) is 0 Å². The van der Waals surface area contributed by atoms with Crippen molar-refractivity contribution < 1.29 is 0 Å². The predicted octanol–water partition coefficient (Wildman–Crippen LogP) is 9.10. The third kappa shape index (κ3) is 36.8. The first kappa shape index (κ1) is 31.0. The topological polar surface area (TPSA) is 0 Å². The molecule has 0 fully saturated rings. The van der Waals surface area contributed by atoms with Crippen LogP contribution < -0.4 is 0 Å². The number of hydrogen-bond acceptors (Lipinski definition) is 0. The van der Waals surface area contributed by atoms with E-state index in [9.17, 15) is 0 Å². The van der Waals surface area contributed by atoms with Crippen molar-refractivity contribution in [2.24, 2.45) is 0 Å². The molecule has 0 unspecified atom stereocenters. The zero-order valence-corrected chi connectivity index (χ0v) is 20.5. The molecule has 0 amide bonds. The zero-order valence-electron chi connectivity index (χ0n) is 18.3. The Bertz CT molecular complexity index is 139. The third-order valence-electron chi connectivity index (χ3n) is 4.71. The Labute approximate surface area is 192 Å². The molecule has 0 aliphatic heterocycles. The van der Waals surface area contributed by atoms with Gasteiger partial charge < -0.3 is 13.8 Å². The zero-order chi connectivity index (χ0) is 18.1. The summed E-state index contributed by atoms with van der Waals surface area (Å²) in [5.41, 5.74) is 0. The van der Waals surface area contributed by atoms with Gasteiger partial charge in [0.25, 0.3) is 0 Å². The largest absolute Gasteiger partial charge is 2.00 e. The molecule has 1 heteroatoms. The number of rotatable bonds is 18. The second kappa shape index (κ2) is 32.9. The van der Waals surface area contributed by atoms with Crippen molar-refractivity contribution >= 4 is 37.7 Å². The maximum Gasteiger partial charge on any atom is 2.00 e. The van der Waals surface area contributed by atoms with Crippen LogP contribution in [0.5, 0.6) is 0 Å². The second-order valence-electron chi connectivity index (χ2n) is 7.36. The molecule has 0 saturated heterocycles. The summed E-state index contributed by atoms with van der Waals surface area (Å²) in [6, 6.07) is 0. The number of hydrogen-bond donors (Lipinski definition) is 0. The predicted molar refractivity (Wildman–Crippen MR) is 120 cm³/mol. The third-order valence-corrected chi connectivity index (χ3v) is 4.71. The maximum absolute atomic E-state index is 3.84. The maximum atomic E-state index is 3.84. The van der Waals surface area contributed by atoms with Gasteiger partial charge >= 0.3 is 37.7 Å².